The van der Waals surface area contributed by atoms with Crippen LogP contribution in [0.2, 0.25) is 0 Å². The molecule has 0 aliphatic heterocycles. The normalized spacial score (nSPS) is 11.3. The first-order chi connectivity index (χ1) is 12.8. The number of pyridine rings is 1. The van der Waals surface area contributed by atoms with E-state index in [9.17, 15) is 4.79 Å². The van der Waals surface area contributed by atoms with Gasteiger partial charge in [-0.15, -0.1) is 0 Å². The molecular formula is C17H23N9O. The van der Waals surface area contributed by atoms with Crippen molar-refractivity contribution in [2.45, 2.75) is 39.8 Å². The molecule has 0 aliphatic rings. The Kier molecular flexibility index (Phi) is 4.80. The number of aromatic amines is 1. The van der Waals surface area contributed by atoms with Crippen LogP contribution in [0.3, 0.4) is 0 Å². The molecule has 0 atom stereocenters. The van der Waals surface area contributed by atoms with Crippen LogP contribution in [0.15, 0.2) is 29.7 Å². The molecule has 0 saturated heterocycles. The molecule has 0 bridgehead atoms. The fraction of sp³-hybridized carbons (Fsp3) is 0.353. The molecule has 0 aliphatic carbocycles. The Balaban J connectivity index is 0.000000156. The Bertz CT molecular complexity index is 1140. The van der Waals surface area contributed by atoms with E-state index < -0.39 is 0 Å². The van der Waals surface area contributed by atoms with Gasteiger partial charge in [-0.1, -0.05) is 0 Å². The number of H-pyrrole nitrogens is 1. The summed E-state index contributed by atoms with van der Waals surface area (Å²) >= 11 is 0. The van der Waals surface area contributed by atoms with Crippen LogP contribution in [0.1, 0.15) is 39.8 Å². The lowest BCUT2D eigenvalue weighted by atomic mass is 10.3. The van der Waals surface area contributed by atoms with Crippen LogP contribution in [-0.4, -0.2) is 34.1 Å². The van der Waals surface area contributed by atoms with Gasteiger partial charge in [0.2, 0.25) is 5.95 Å². The SMILES string of the molecule is CC(C)n1cnc2c(=O)[nH]c(N)nc21.CC(C)n1cnc2c(N)ccnc21. The van der Waals surface area contributed by atoms with Crippen LogP contribution in [0, 0.1) is 0 Å². The van der Waals surface area contributed by atoms with Gasteiger partial charge in [-0.05, 0) is 33.8 Å². The van der Waals surface area contributed by atoms with E-state index in [1.165, 1.54) is 0 Å². The molecule has 0 spiro atoms. The quantitative estimate of drug-likeness (QED) is 0.489. The number of hydrogen-bond donors (Lipinski definition) is 3. The fourth-order valence-corrected chi connectivity index (χ4v) is 2.65. The Morgan fingerprint density at radius 3 is 2.15 bits per heavy atom. The van der Waals surface area contributed by atoms with E-state index in [0.29, 0.717) is 22.9 Å². The van der Waals surface area contributed by atoms with Gasteiger partial charge in [-0.25, -0.2) is 15.0 Å². The molecule has 5 N–H and O–H groups in total. The van der Waals surface area contributed by atoms with E-state index in [1.807, 2.05) is 18.4 Å². The van der Waals surface area contributed by atoms with Crippen LogP contribution >= 0.6 is 0 Å². The zero-order valence-electron chi connectivity index (χ0n) is 15.7. The van der Waals surface area contributed by atoms with Gasteiger partial charge in [0.05, 0.1) is 18.3 Å². The molecule has 10 heteroatoms. The zero-order valence-corrected chi connectivity index (χ0v) is 15.7. The first-order valence-corrected chi connectivity index (χ1v) is 8.59. The van der Waals surface area contributed by atoms with Crippen molar-refractivity contribution in [3.05, 3.63) is 35.3 Å². The van der Waals surface area contributed by atoms with Crippen molar-refractivity contribution in [2.75, 3.05) is 11.5 Å². The molecule has 4 aromatic heterocycles. The van der Waals surface area contributed by atoms with Crippen LogP contribution in [-0.2, 0) is 0 Å². The third-order valence-corrected chi connectivity index (χ3v) is 4.06. The molecule has 0 radical (unpaired) electrons. The number of nitrogens with one attached hydrogen (secondary N) is 1. The van der Waals surface area contributed by atoms with Crippen LogP contribution < -0.4 is 17.0 Å². The van der Waals surface area contributed by atoms with Crippen molar-refractivity contribution in [2.24, 2.45) is 0 Å². The number of nitrogen functional groups attached to an aromatic ring is 2. The topological polar surface area (TPSA) is 146 Å². The van der Waals surface area contributed by atoms with E-state index in [1.54, 1.807) is 29.5 Å². The largest absolute Gasteiger partial charge is 0.397 e. The number of nitrogens with zero attached hydrogens (tertiary/aromatic N) is 6. The first kappa shape index (κ1) is 18.4. The highest BCUT2D eigenvalue weighted by Gasteiger charge is 2.10. The second-order valence-electron chi connectivity index (χ2n) is 6.69. The standard InChI is InChI=1S/C9H12N4.C8H11N5O/c1-6(2)13-5-12-8-7(10)3-4-11-9(8)13;1-4(2)13-3-10-5-6(13)11-8(9)12-7(5)14/h3-6H,1-2H3,(H2,10,11);3-4H,1-2H3,(H3,9,11,12,14). The second kappa shape index (κ2) is 7.06. The summed E-state index contributed by atoms with van der Waals surface area (Å²) in [4.78, 5) is 30.3. The number of fused-ring (bicyclic) bond motifs is 2. The minimum Gasteiger partial charge on any atom is -0.397 e. The van der Waals surface area contributed by atoms with Gasteiger partial charge in [-0.3, -0.25) is 9.78 Å². The van der Waals surface area contributed by atoms with Crippen molar-refractivity contribution >= 4 is 34.0 Å². The van der Waals surface area contributed by atoms with Gasteiger partial charge in [0, 0.05) is 18.3 Å². The lowest BCUT2D eigenvalue weighted by Crippen LogP contribution is -2.12. The third-order valence-electron chi connectivity index (χ3n) is 4.06. The Morgan fingerprint density at radius 2 is 1.52 bits per heavy atom. The van der Waals surface area contributed by atoms with E-state index in [0.717, 1.165) is 11.2 Å². The summed E-state index contributed by atoms with van der Waals surface area (Å²) in [6.07, 6.45) is 5.08. The van der Waals surface area contributed by atoms with Crippen LogP contribution in [0.4, 0.5) is 11.6 Å². The van der Waals surface area contributed by atoms with Crippen molar-refractivity contribution in [3.8, 4) is 0 Å². The molecule has 4 aromatic rings. The van der Waals surface area contributed by atoms with Gasteiger partial charge in [-0.2, -0.15) is 4.98 Å². The number of anilines is 2. The summed E-state index contributed by atoms with van der Waals surface area (Å²) in [7, 11) is 0. The molecule has 4 heterocycles. The maximum Gasteiger partial charge on any atom is 0.280 e. The highest BCUT2D eigenvalue weighted by molar-refractivity contribution is 5.83. The van der Waals surface area contributed by atoms with E-state index in [-0.39, 0.29) is 17.5 Å². The summed E-state index contributed by atoms with van der Waals surface area (Å²) in [5.74, 6) is 0.116. The van der Waals surface area contributed by atoms with Crippen LogP contribution in [0.25, 0.3) is 22.3 Å². The molecule has 142 valence electrons. The summed E-state index contributed by atoms with van der Waals surface area (Å²) in [6.45, 7) is 8.15. The Morgan fingerprint density at radius 1 is 0.926 bits per heavy atom. The summed E-state index contributed by atoms with van der Waals surface area (Å²) in [5, 5.41) is 0. The van der Waals surface area contributed by atoms with Crippen molar-refractivity contribution in [3.63, 3.8) is 0 Å². The maximum absolute atomic E-state index is 11.4. The van der Waals surface area contributed by atoms with Crippen molar-refractivity contribution < 1.29 is 0 Å². The average Bonchev–Trinajstić information content (AvgIpc) is 3.20. The fourth-order valence-electron chi connectivity index (χ4n) is 2.65. The van der Waals surface area contributed by atoms with Crippen molar-refractivity contribution in [1.82, 2.24) is 34.1 Å². The van der Waals surface area contributed by atoms with Crippen LogP contribution in [0.5, 0.6) is 0 Å². The lowest BCUT2D eigenvalue weighted by molar-refractivity contribution is 0.612. The van der Waals surface area contributed by atoms with E-state index in [2.05, 4.69) is 38.8 Å². The van der Waals surface area contributed by atoms with Gasteiger partial charge in [0.1, 0.15) is 5.52 Å². The predicted molar refractivity (Wildman–Crippen MR) is 105 cm³/mol. The molecule has 0 fully saturated rings. The molecule has 0 aromatic carbocycles. The monoisotopic (exact) mass is 369 g/mol. The maximum atomic E-state index is 11.4. The van der Waals surface area contributed by atoms with Gasteiger partial charge in [0.25, 0.3) is 5.56 Å². The smallest absolute Gasteiger partial charge is 0.280 e. The summed E-state index contributed by atoms with van der Waals surface area (Å²) < 4.78 is 3.81. The van der Waals surface area contributed by atoms with Crippen molar-refractivity contribution in [1.29, 1.82) is 0 Å². The summed E-state index contributed by atoms with van der Waals surface area (Å²) in [6, 6.07) is 2.33. The number of nitrogens with two attached hydrogens (primary N) is 2. The third kappa shape index (κ3) is 3.46. The Hall–Kier alpha value is -3.43. The predicted octanol–water partition coefficient (Wildman–Crippen LogP) is 1.88. The zero-order chi connectivity index (χ0) is 19.7. The van der Waals surface area contributed by atoms with E-state index in [4.69, 9.17) is 11.5 Å². The highest BCUT2D eigenvalue weighted by Crippen LogP contribution is 2.19. The van der Waals surface area contributed by atoms with E-state index >= 15 is 0 Å². The first-order valence-electron chi connectivity index (χ1n) is 8.59. The minimum absolute atomic E-state index is 0.116. The molecular weight excluding hydrogens is 346 g/mol. The Labute approximate surface area is 155 Å². The number of rotatable bonds is 2. The average molecular weight is 369 g/mol. The number of hydrogen-bond acceptors (Lipinski definition) is 7. The number of aromatic nitrogens is 7. The molecule has 0 amide bonds. The second-order valence-corrected chi connectivity index (χ2v) is 6.69. The molecule has 0 unspecified atom stereocenters. The minimum atomic E-state index is -0.299. The molecule has 10 nitrogen and oxygen atoms in total. The van der Waals surface area contributed by atoms with Gasteiger partial charge in [0.15, 0.2) is 16.8 Å². The molecule has 4 rings (SSSR count). The highest BCUT2D eigenvalue weighted by atomic mass is 16.1. The number of imidazole rings is 2. The lowest BCUT2D eigenvalue weighted by Gasteiger charge is -2.06. The van der Waals surface area contributed by atoms with Gasteiger partial charge < -0.3 is 20.6 Å². The molecule has 27 heavy (non-hydrogen) atoms. The van der Waals surface area contributed by atoms with Gasteiger partial charge >= 0.3 is 0 Å². The summed E-state index contributed by atoms with van der Waals surface area (Å²) in [5.41, 5.74) is 14.1. The molecule has 0 saturated carbocycles.